The third-order valence-corrected chi connectivity index (χ3v) is 6.35. The van der Waals surface area contributed by atoms with Crippen molar-refractivity contribution in [1.29, 1.82) is 0 Å². The number of carbonyl (C=O) groups is 2. The van der Waals surface area contributed by atoms with Crippen molar-refractivity contribution in [2.45, 2.75) is 6.04 Å². The van der Waals surface area contributed by atoms with Gasteiger partial charge in [0.05, 0.1) is 5.57 Å². The summed E-state index contributed by atoms with van der Waals surface area (Å²) >= 11 is 7.40. The van der Waals surface area contributed by atoms with Crippen molar-refractivity contribution in [1.82, 2.24) is 0 Å². The van der Waals surface area contributed by atoms with Crippen molar-refractivity contribution in [3.8, 4) is 11.5 Å². The first-order valence-electron chi connectivity index (χ1n) is 9.54. The van der Waals surface area contributed by atoms with Gasteiger partial charge in [-0.15, -0.1) is 11.3 Å². The molecular weight excluding hydrogens is 438 g/mol. The molecule has 3 heterocycles. The molecular formula is C23H16ClNO5S. The van der Waals surface area contributed by atoms with Crippen molar-refractivity contribution in [2.24, 2.45) is 0 Å². The molecule has 5 rings (SSSR count). The Labute approximate surface area is 186 Å². The number of aliphatic hydroxyl groups excluding tert-OH is 1. The van der Waals surface area contributed by atoms with E-state index in [1.807, 2.05) is 17.5 Å². The number of carbonyl (C=O) groups excluding carboxylic acids is 2. The molecule has 0 saturated carbocycles. The number of amides is 1. The van der Waals surface area contributed by atoms with Crippen molar-refractivity contribution in [2.75, 3.05) is 18.1 Å². The molecule has 0 spiro atoms. The lowest BCUT2D eigenvalue weighted by Crippen LogP contribution is -2.29. The van der Waals surface area contributed by atoms with Gasteiger partial charge in [0.25, 0.3) is 11.7 Å². The molecule has 156 valence electrons. The van der Waals surface area contributed by atoms with Gasteiger partial charge < -0.3 is 14.6 Å². The molecule has 1 fully saturated rings. The fourth-order valence-corrected chi connectivity index (χ4v) is 4.71. The fourth-order valence-electron chi connectivity index (χ4n) is 3.76. The summed E-state index contributed by atoms with van der Waals surface area (Å²) in [6, 6.07) is 14.5. The van der Waals surface area contributed by atoms with E-state index >= 15 is 0 Å². The zero-order valence-corrected chi connectivity index (χ0v) is 17.7. The summed E-state index contributed by atoms with van der Waals surface area (Å²) in [4.78, 5) is 28.3. The highest BCUT2D eigenvalue weighted by Crippen LogP contribution is 2.44. The molecule has 3 aromatic rings. The maximum Gasteiger partial charge on any atom is 0.300 e. The summed E-state index contributed by atoms with van der Waals surface area (Å²) in [5, 5.41) is 13.5. The molecule has 2 aliphatic rings. The molecule has 1 saturated heterocycles. The van der Waals surface area contributed by atoms with Crippen LogP contribution in [0.25, 0.3) is 5.76 Å². The second-order valence-corrected chi connectivity index (χ2v) is 8.44. The number of halogens is 1. The topological polar surface area (TPSA) is 76.1 Å². The number of rotatable bonds is 3. The number of hydrogen-bond donors (Lipinski definition) is 1. The van der Waals surface area contributed by atoms with Crippen LogP contribution < -0.4 is 14.4 Å². The molecule has 31 heavy (non-hydrogen) atoms. The molecule has 0 aliphatic carbocycles. The summed E-state index contributed by atoms with van der Waals surface area (Å²) in [5.41, 5.74) is 0.921. The minimum Gasteiger partial charge on any atom is -0.507 e. The van der Waals surface area contributed by atoms with Gasteiger partial charge in [0.15, 0.2) is 11.5 Å². The van der Waals surface area contributed by atoms with Gasteiger partial charge in [-0.25, -0.2) is 0 Å². The Morgan fingerprint density at radius 3 is 2.48 bits per heavy atom. The number of anilines is 1. The van der Waals surface area contributed by atoms with E-state index in [9.17, 15) is 14.7 Å². The van der Waals surface area contributed by atoms with Gasteiger partial charge in [0, 0.05) is 21.2 Å². The lowest BCUT2D eigenvalue weighted by molar-refractivity contribution is -0.132. The average molecular weight is 454 g/mol. The Hall–Kier alpha value is -3.29. The van der Waals surface area contributed by atoms with Crippen LogP contribution >= 0.6 is 22.9 Å². The van der Waals surface area contributed by atoms with Crippen molar-refractivity contribution >= 4 is 46.1 Å². The number of ether oxygens (including phenoxy) is 2. The average Bonchev–Trinajstić information content (AvgIpc) is 3.41. The van der Waals surface area contributed by atoms with Crippen LogP contribution in [0.15, 0.2) is 65.6 Å². The smallest absolute Gasteiger partial charge is 0.300 e. The fraction of sp³-hybridized carbons (Fsp3) is 0.130. The Kier molecular flexibility index (Phi) is 4.92. The van der Waals surface area contributed by atoms with E-state index < -0.39 is 17.7 Å². The first-order valence-corrected chi connectivity index (χ1v) is 10.8. The summed E-state index contributed by atoms with van der Waals surface area (Å²) in [6.45, 7) is 0.844. The van der Waals surface area contributed by atoms with E-state index in [4.69, 9.17) is 21.1 Å². The molecule has 8 heteroatoms. The molecule has 1 aromatic heterocycles. The Morgan fingerprint density at radius 1 is 1.03 bits per heavy atom. The second-order valence-electron chi connectivity index (χ2n) is 7.02. The number of thiophene rings is 1. The van der Waals surface area contributed by atoms with Crippen LogP contribution in [0.5, 0.6) is 11.5 Å². The largest absolute Gasteiger partial charge is 0.507 e. The van der Waals surface area contributed by atoms with Gasteiger partial charge in [-0.05, 0) is 53.9 Å². The number of hydrogen-bond acceptors (Lipinski definition) is 6. The van der Waals surface area contributed by atoms with Crippen LogP contribution in [-0.4, -0.2) is 30.0 Å². The van der Waals surface area contributed by atoms with Crippen LogP contribution in [0.3, 0.4) is 0 Å². The van der Waals surface area contributed by atoms with Crippen LogP contribution in [0.1, 0.15) is 16.5 Å². The standard InChI is InChI=1S/C23H16ClNO5S/c24-14-4-6-15(7-5-14)25-20(18-2-1-11-31-18)19(22(27)23(25)28)21(26)13-3-8-16-17(12-13)30-10-9-29-16/h1-8,11-12,20,26H,9-10H2/b21-19-. The molecule has 2 aliphatic heterocycles. The van der Waals surface area contributed by atoms with Crippen LogP contribution in [0, 0.1) is 0 Å². The lowest BCUT2D eigenvalue weighted by atomic mass is 9.99. The van der Waals surface area contributed by atoms with Crippen molar-refractivity contribution < 1.29 is 24.2 Å². The highest BCUT2D eigenvalue weighted by atomic mass is 35.5. The van der Waals surface area contributed by atoms with Crippen LogP contribution in [-0.2, 0) is 9.59 Å². The SMILES string of the molecule is O=C1C(=O)N(c2ccc(Cl)cc2)C(c2cccs2)/C1=C(/O)c1ccc2c(c1)OCCO2. The summed E-state index contributed by atoms with van der Waals surface area (Å²) in [7, 11) is 0. The van der Waals surface area contributed by atoms with Crippen molar-refractivity contribution in [3.63, 3.8) is 0 Å². The van der Waals surface area contributed by atoms with Crippen LogP contribution in [0.2, 0.25) is 5.02 Å². The number of benzene rings is 2. The summed E-state index contributed by atoms with van der Waals surface area (Å²) < 4.78 is 11.1. The third kappa shape index (κ3) is 3.36. The van der Waals surface area contributed by atoms with Gasteiger partial charge >= 0.3 is 0 Å². The van der Waals surface area contributed by atoms with Gasteiger partial charge in [-0.2, -0.15) is 0 Å². The molecule has 6 nitrogen and oxygen atoms in total. The first kappa shape index (κ1) is 19.7. The van der Waals surface area contributed by atoms with Crippen molar-refractivity contribution in [3.05, 3.63) is 81.0 Å². The predicted octanol–water partition coefficient (Wildman–Crippen LogP) is 4.80. The maximum atomic E-state index is 13.1. The van der Waals surface area contributed by atoms with Gasteiger partial charge in [0.1, 0.15) is 25.0 Å². The Balaban J connectivity index is 1.66. The Morgan fingerprint density at radius 2 is 1.77 bits per heavy atom. The highest BCUT2D eigenvalue weighted by molar-refractivity contribution is 7.10. The van der Waals surface area contributed by atoms with Crippen LogP contribution in [0.4, 0.5) is 5.69 Å². The monoisotopic (exact) mass is 453 g/mol. The minimum atomic E-state index is -0.755. The number of aliphatic hydroxyl groups is 1. The number of fused-ring (bicyclic) bond motifs is 1. The first-order chi connectivity index (χ1) is 15.0. The zero-order valence-electron chi connectivity index (χ0n) is 16.1. The Bertz CT molecular complexity index is 1200. The number of Topliss-reactive ketones (excluding diaryl/α,β-unsaturated/α-hetero) is 1. The van der Waals surface area contributed by atoms with Gasteiger partial charge in [-0.1, -0.05) is 17.7 Å². The molecule has 2 aromatic carbocycles. The second kappa shape index (κ2) is 7.76. The lowest BCUT2D eigenvalue weighted by Gasteiger charge is -2.24. The molecule has 0 bridgehead atoms. The van der Waals surface area contributed by atoms with E-state index in [-0.39, 0.29) is 11.3 Å². The highest BCUT2D eigenvalue weighted by Gasteiger charge is 2.47. The quantitative estimate of drug-likeness (QED) is 0.350. The molecule has 1 N–H and O–H groups in total. The van der Waals surface area contributed by atoms with Gasteiger partial charge in [0.2, 0.25) is 0 Å². The summed E-state index contributed by atoms with van der Waals surface area (Å²) in [6.07, 6.45) is 0. The molecule has 0 radical (unpaired) electrons. The number of nitrogens with zero attached hydrogens (tertiary/aromatic N) is 1. The van der Waals surface area contributed by atoms with E-state index in [1.54, 1.807) is 42.5 Å². The van der Waals surface area contributed by atoms with E-state index in [2.05, 4.69) is 0 Å². The van der Waals surface area contributed by atoms with E-state index in [0.29, 0.717) is 41.0 Å². The zero-order chi connectivity index (χ0) is 21.5. The molecule has 1 atom stereocenters. The molecule has 1 unspecified atom stereocenters. The predicted molar refractivity (Wildman–Crippen MR) is 118 cm³/mol. The minimum absolute atomic E-state index is 0.0269. The number of ketones is 1. The third-order valence-electron chi connectivity index (χ3n) is 5.18. The van der Waals surface area contributed by atoms with E-state index in [1.165, 1.54) is 16.2 Å². The molecule has 1 amide bonds. The normalized spacial score (nSPS) is 19.6. The maximum absolute atomic E-state index is 13.1. The van der Waals surface area contributed by atoms with E-state index in [0.717, 1.165) is 4.88 Å². The van der Waals surface area contributed by atoms with Gasteiger partial charge in [-0.3, -0.25) is 14.5 Å². The summed E-state index contributed by atoms with van der Waals surface area (Å²) in [5.74, 6) is -0.667.